The number of pyridine rings is 2. The molecule has 94 valence electrons. The highest BCUT2D eigenvalue weighted by Crippen LogP contribution is 2.06. The molecule has 0 radical (unpaired) electrons. The number of rotatable bonds is 4. The number of aromatic nitrogens is 2. The van der Waals surface area contributed by atoms with E-state index >= 15 is 0 Å². The summed E-state index contributed by atoms with van der Waals surface area (Å²) in [5, 5.41) is 3.14. The van der Waals surface area contributed by atoms with Gasteiger partial charge in [-0.05, 0) is 37.1 Å². The van der Waals surface area contributed by atoms with E-state index in [-0.39, 0.29) is 5.56 Å². The predicted octanol–water partition coefficient (Wildman–Crippen LogP) is 2.03. The Hall–Kier alpha value is -2.10. The lowest BCUT2D eigenvalue weighted by molar-refractivity contribution is 0.754. The van der Waals surface area contributed by atoms with Crippen LogP contribution in [0.5, 0.6) is 0 Å². The van der Waals surface area contributed by atoms with Crippen LogP contribution in [0.2, 0.25) is 0 Å². The summed E-state index contributed by atoms with van der Waals surface area (Å²) in [6, 6.07) is 7.48. The Kier molecular flexibility index (Phi) is 3.77. The van der Waals surface area contributed by atoms with Crippen LogP contribution in [0.1, 0.15) is 18.1 Å². The standard InChI is InChI=1S/C14H17N3O/c1-3-15-13-5-4-12(9-16-13)10-17-7-6-11(2)8-14(17)18/h4-9H,3,10H2,1-2H3,(H,15,16). The molecule has 0 amide bonds. The highest BCUT2D eigenvalue weighted by molar-refractivity contribution is 5.35. The van der Waals surface area contributed by atoms with Crippen molar-refractivity contribution >= 4 is 5.82 Å². The number of hydrogen-bond acceptors (Lipinski definition) is 3. The Morgan fingerprint density at radius 3 is 2.78 bits per heavy atom. The molecule has 0 saturated carbocycles. The van der Waals surface area contributed by atoms with E-state index < -0.39 is 0 Å². The lowest BCUT2D eigenvalue weighted by Gasteiger charge is -2.07. The maximum atomic E-state index is 11.7. The lowest BCUT2D eigenvalue weighted by atomic mass is 10.2. The second-order valence-corrected chi connectivity index (χ2v) is 4.25. The van der Waals surface area contributed by atoms with Crippen molar-refractivity contribution in [3.8, 4) is 0 Å². The van der Waals surface area contributed by atoms with Gasteiger partial charge in [-0.2, -0.15) is 0 Å². The van der Waals surface area contributed by atoms with E-state index in [9.17, 15) is 4.79 Å². The van der Waals surface area contributed by atoms with Gasteiger partial charge < -0.3 is 9.88 Å². The van der Waals surface area contributed by atoms with Crippen molar-refractivity contribution < 1.29 is 0 Å². The topological polar surface area (TPSA) is 46.9 Å². The first kappa shape index (κ1) is 12.4. The van der Waals surface area contributed by atoms with Gasteiger partial charge in [0.25, 0.3) is 5.56 Å². The van der Waals surface area contributed by atoms with E-state index in [1.807, 2.05) is 38.2 Å². The predicted molar refractivity (Wildman–Crippen MR) is 72.9 cm³/mol. The Bertz CT molecular complexity index is 572. The average Bonchev–Trinajstić information content (AvgIpc) is 2.35. The first-order valence-corrected chi connectivity index (χ1v) is 6.05. The molecule has 0 fully saturated rings. The Morgan fingerprint density at radius 2 is 2.17 bits per heavy atom. The van der Waals surface area contributed by atoms with Gasteiger partial charge in [-0.25, -0.2) is 4.98 Å². The summed E-state index contributed by atoms with van der Waals surface area (Å²) in [7, 11) is 0. The molecule has 0 saturated heterocycles. The molecule has 0 aliphatic heterocycles. The summed E-state index contributed by atoms with van der Waals surface area (Å²) in [5.74, 6) is 0.859. The molecule has 18 heavy (non-hydrogen) atoms. The van der Waals surface area contributed by atoms with E-state index in [0.29, 0.717) is 6.54 Å². The molecule has 2 heterocycles. The maximum absolute atomic E-state index is 11.7. The van der Waals surface area contributed by atoms with Gasteiger partial charge >= 0.3 is 0 Å². The minimum Gasteiger partial charge on any atom is -0.370 e. The Morgan fingerprint density at radius 1 is 1.33 bits per heavy atom. The Labute approximate surface area is 106 Å². The van der Waals surface area contributed by atoms with Gasteiger partial charge in [-0.15, -0.1) is 0 Å². The number of nitrogens with zero attached hydrogens (tertiary/aromatic N) is 2. The monoisotopic (exact) mass is 243 g/mol. The number of nitrogens with one attached hydrogen (secondary N) is 1. The van der Waals surface area contributed by atoms with E-state index in [1.165, 1.54) is 0 Å². The zero-order valence-electron chi connectivity index (χ0n) is 10.7. The third-order valence-electron chi connectivity index (χ3n) is 2.69. The van der Waals surface area contributed by atoms with Crippen LogP contribution in [0.25, 0.3) is 0 Å². The second-order valence-electron chi connectivity index (χ2n) is 4.25. The van der Waals surface area contributed by atoms with Gasteiger partial charge in [0.2, 0.25) is 0 Å². The molecular weight excluding hydrogens is 226 g/mol. The molecule has 0 aliphatic rings. The first-order valence-electron chi connectivity index (χ1n) is 6.05. The highest BCUT2D eigenvalue weighted by Gasteiger charge is 1.99. The minimum absolute atomic E-state index is 0.0192. The first-order chi connectivity index (χ1) is 8.69. The fourth-order valence-electron chi connectivity index (χ4n) is 1.74. The maximum Gasteiger partial charge on any atom is 0.251 e. The van der Waals surface area contributed by atoms with Crippen LogP contribution in [0.3, 0.4) is 0 Å². The molecule has 0 aliphatic carbocycles. The molecule has 0 bridgehead atoms. The van der Waals surface area contributed by atoms with Gasteiger partial charge in [0, 0.05) is 25.0 Å². The zero-order valence-corrected chi connectivity index (χ0v) is 10.7. The van der Waals surface area contributed by atoms with Gasteiger partial charge in [0.1, 0.15) is 5.82 Å². The summed E-state index contributed by atoms with van der Waals surface area (Å²) < 4.78 is 1.68. The van der Waals surface area contributed by atoms with Crippen LogP contribution >= 0.6 is 0 Å². The van der Waals surface area contributed by atoms with Gasteiger partial charge in [0.05, 0.1) is 6.54 Å². The molecular formula is C14H17N3O. The van der Waals surface area contributed by atoms with Crippen molar-refractivity contribution in [2.45, 2.75) is 20.4 Å². The lowest BCUT2D eigenvalue weighted by Crippen LogP contribution is -2.19. The third kappa shape index (κ3) is 2.97. The molecule has 2 rings (SSSR count). The zero-order chi connectivity index (χ0) is 13.0. The molecule has 0 atom stereocenters. The van der Waals surface area contributed by atoms with Crippen LogP contribution < -0.4 is 10.9 Å². The third-order valence-corrected chi connectivity index (χ3v) is 2.69. The van der Waals surface area contributed by atoms with Gasteiger partial charge in [-0.1, -0.05) is 6.07 Å². The van der Waals surface area contributed by atoms with Gasteiger partial charge in [0.15, 0.2) is 0 Å². The molecule has 1 N–H and O–H groups in total. The van der Waals surface area contributed by atoms with Crippen LogP contribution in [0.15, 0.2) is 41.5 Å². The van der Waals surface area contributed by atoms with E-state index in [0.717, 1.165) is 23.5 Å². The van der Waals surface area contributed by atoms with E-state index in [4.69, 9.17) is 0 Å². The molecule has 0 spiro atoms. The van der Waals surface area contributed by atoms with Crippen LogP contribution in [-0.2, 0) is 6.54 Å². The molecule has 4 nitrogen and oxygen atoms in total. The highest BCUT2D eigenvalue weighted by atomic mass is 16.1. The SMILES string of the molecule is CCNc1ccc(Cn2ccc(C)cc2=O)cn1. The van der Waals surface area contributed by atoms with Crippen molar-refractivity contribution in [1.29, 1.82) is 0 Å². The van der Waals surface area contributed by atoms with E-state index in [2.05, 4.69) is 10.3 Å². The van der Waals surface area contributed by atoms with Crippen molar-refractivity contribution in [1.82, 2.24) is 9.55 Å². The number of aryl methyl sites for hydroxylation is 1. The summed E-state index contributed by atoms with van der Waals surface area (Å²) in [4.78, 5) is 16.0. The molecule has 0 unspecified atom stereocenters. The second kappa shape index (κ2) is 5.49. The molecule has 4 heteroatoms. The average molecular weight is 243 g/mol. The molecule has 2 aromatic rings. The quantitative estimate of drug-likeness (QED) is 0.893. The summed E-state index contributed by atoms with van der Waals surface area (Å²) >= 11 is 0. The van der Waals surface area contributed by atoms with Crippen molar-refractivity contribution in [3.63, 3.8) is 0 Å². The van der Waals surface area contributed by atoms with Crippen LogP contribution in [0.4, 0.5) is 5.82 Å². The van der Waals surface area contributed by atoms with Gasteiger partial charge in [-0.3, -0.25) is 4.79 Å². The van der Waals surface area contributed by atoms with Crippen molar-refractivity contribution in [3.05, 3.63) is 58.1 Å². The molecule has 0 aromatic carbocycles. The van der Waals surface area contributed by atoms with Crippen LogP contribution in [-0.4, -0.2) is 16.1 Å². The fourth-order valence-corrected chi connectivity index (χ4v) is 1.74. The van der Waals surface area contributed by atoms with Crippen molar-refractivity contribution in [2.24, 2.45) is 0 Å². The Balaban J connectivity index is 2.16. The minimum atomic E-state index is 0.0192. The summed E-state index contributed by atoms with van der Waals surface area (Å²) in [6.45, 7) is 5.35. The smallest absolute Gasteiger partial charge is 0.251 e. The number of anilines is 1. The number of hydrogen-bond donors (Lipinski definition) is 1. The summed E-state index contributed by atoms with van der Waals surface area (Å²) in [5.41, 5.74) is 2.02. The largest absolute Gasteiger partial charge is 0.370 e. The molecule has 2 aromatic heterocycles. The fraction of sp³-hybridized carbons (Fsp3) is 0.286. The van der Waals surface area contributed by atoms with Crippen LogP contribution in [0, 0.1) is 6.92 Å². The summed E-state index contributed by atoms with van der Waals surface area (Å²) in [6.07, 6.45) is 3.61. The normalized spacial score (nSPS) is 10.3. The van der Waals surface area contributed by atoms with E-state index in [1.54, 1.807) is 16.8 Å². The van der Waals surface area contributed by atoms with Crippen molar-refractivity contribution in [2.75, 3.05) is 11.9 Å².